The van der Waals surface area contributed by atoms with E-state index in [1.165, 1.54) is 0 Å². The third-order valence-electron chi connectivity index (χ3n) is 4.72. The van der Waals surface area contributed by atoms with E-state index in [-0.39, 0.29) is 6.03 Å². The SMILES string of the molecule is CC(C)C1CCN(C(=O)N2CCCCCC2C(=O)O)C1. The van der Waals surface area contributed by atoms with Gasteiger partial charge >= 0.3 is 12.0 Å². The van der Waals surface area contributed by atoms with E-state index in [9.17, 15) is 14.7 Å². The minimum absolute atomic E-state index is 0.0672. The first kappa shape index (κ1) is 15.1. The van der Waals surface area contributed by atoms with Gasteiger partial charge in [0.2, 0.25) is 0 Å². The highest BCUT2D eigenvalue weighted by Gasteiger charge is 2.36. The number of likely N-dealkylation sites (tertiary alicyclic amines) is 2. The van der Waals surface area contributed by atoms with E-state index in [2.05, 4.69) is 13.8 Å². The van der Waals surface area contributed by atoms with Gasteiger partial charge in [0.15, 0.2) is 0 Å². The molecule has 2 fully saturated rings. The van der Waals surface area contributed by atoms with Crippen LogP contribution in [0, 0.1) is 11.8 Å². The lowest BCUT2D eigenvalue weighted by atomic mass is 9.95. The number of hydrogen-bond donors (Lipinski definition) is 1. The number of nitrogens with zero attached hydrogens (tertiary/aromatic N) is 2. The zero-order valence-electron chi connectivity index (χ0n) is 12.5. The highest BCUT2D eigenvalue weighted by atomic mass is 16.4. The van der Waals surface area contributed by atoms with Crippen LogP contribution < -0.4 is 0 Å². The molecule has 2 heterocycles. The number of carboxylic acids is 1. The molecule has 5 nitrogen and oxygen atoms in total. The van der Waals surface area contributed by atoms with Crippen molar-refractivity contribution in [3.05, 3.63) is 0 Å². The number of amides is 2. The lowest BCUT2D eigenvalue weighted by molar-refractivity contribution is -0.142. The van der Waals surface area contributed by atoms with Crippen molar-refractivity contribution in [3.63, 3.8) is 0 Å². The van der Waals surface area contributed by atoms with Gasteiger partial charge in [-0.15, -0.1) is 0 Å². The van der Waals surface area contributed by atoms with Crippen molar-refractivity contribution in [2.24, 2.45) is 11.8 Å². The average Bonchev–Trinajstić information content (AvgIpc) is 2.76. The predicted molar refractivity (Wildman–Crippen MR) is 76.5 cm³/mol. The van der Waals surface area contributed by atoms with Gasteiger partial charge in [0, 0.05) is 19.6 Å². The Morgan fingerprint density at radius 1 is 1.10 bits per heavy atom. The third kappa shape index (κ3) is 3.25. The van der Waals surface area contributed by atoms with Crippen LogP contribution >= 0.6 is 0 Å². The lowest BCUT2D eigenvalue weighted by Crippen LogP contribution is -2.50. The Morgan fingerprint density at radius 3 is 2.45 bits per heavy atom. The van der Waals surface area contributed by atoms with Crippen LogP contribution in [0.25, 0.3) is 0 Å². The topological polar surface area (TPSA) is 60.9 Å². The molecule has 1 N–H and O–H groups in total. The van der Waals surface area contributed by atoms with Gasteiger partial charge in [-0.05, 0) is 31.1 Å². The quantitative estimate of drug-likeness (QED) is 0.846. The molecule has 0 aromatic carbocycles. The summed E-state index contributed by atoms with van der Waals surface area (Å²) < 4.78 is 0. The lowest BCUT2D eigenvalue weighted by Gasteiger charge is -2.31. The summed E-state index contributed by atoms with van der Waals surface area (Å²) in [6, 6.07) is -0.703. The van der Waals surface area contributed by atoms with E-state index >= 15 is 0 Å². The molecule has 114 valence electrons. The van der Waals surface area contributed by atoms with E-state index in [0.717, 1.165) is 38.8 Å². The first-order valence-electron chi connectivity index (χ1n) is 7.79. The number of aliphatic carboxylic acids is 1. The molecule has 0 saturated carbocycles. The van der Waals surface area contributed by atoms with E-state index in [4.69, 9.17) is 0 Å². The van der Waals surface area contributed by atoms with Crippen LogP contribution in [0.4, 0.5) is 4.79 Å². The molecular formula is C15H26N2O3. The van der Waals surface area contributed by atoms with Gasteiger partial charge in [-0.25, -0.2) is 9.59 Å². The Bertz CT molecular complexity index is 370. The molecule has 2 amide bonds. The number of carbonyl (C=O) groups is 2. The molecule has 0 radical (unpaired) electrons. The van der Waals surface area contributed by atoms with Gasteiger partial charge in [0.25, 0.3) is 0 Å². The van der Waals surface area contributed by atoms with E-state index < -0.39 is 12.0 Å². The van der Waals surface area contributed by atoms with Gasteiger partial charge in [0.05, 0.1) is 0 Å². The van der Waals surface area contributed by atoms with Crippen LogP contribution in [0.15, 0.2) is 0 Å². The van der Waals surface area contributed by atoms with Gasteiger partial charge in [-0.2, -0.15) is 0 Å². The summed E-state index contributed by atoms with van der Waals surface area (Å²) in [6.07, 6.45) is 4.45. The molecule has 5 heteroatoms. The first-order valence-corrected chi connectivity index (χ1v) is 7.79. The van der Waals surface area contributed by atoms with Gasteiger partial charge in [0.1, 0.15) is 6.04 Å². The number of urea groups is 1. The van der Waals surface area contributed by atoms with Gasteiger partial charge in [-0.1, -0.05) is 26.7 Å². The minimum atomic E-state index is -0.861. The van der Waals surface area contributed by atoms with Crippen molar-refractivity contribution in [2.75, 3.05) is 19.6 Å². The summed E-state index contributed by atoms with van der Waals surface area (Å²) >= 11 is 0. The second kappa shape index (κ2) is 6.46. The maximum Gasteiger partial charge on any atom is 0.326 e. The molecule has 2 rings (SSSR count). The van der Waals surface area contributed by atoms with Crippen LogP contribution in [-0.4, -0.2) is 52.6 Å². The molecule has 2 saturated heterocycles. The normalized spacial score (nSPS) is 27.8. The van der Waals surface area contributed by atoms with E-state index in [1.54, 1.807) is 4.90 Å². The molecule has 20 heavy (non-hydrogen) atoms. The van der Waals surface area contributed by atoms with Crippen LogP contribution in [0.1, 0.15) is 46.0 Å². The third-order valence-corrected chi connectivity index (χ3v) is 4.72. The van der Waals surface area contributed by atoms with Crippen molar-refractivity contribution in [3.8, 4) is 0 Å². The van der Waals surface area contributed by atoms with E-state index in [1.807, 2.05) is 4.90 Å². The van der Waals surface area contributed by atoms with Crippen molar-refractivity contribution >= 4 is 12.0 Å². The second-order valence-electron chi connectivity index (χ2n) is 6.42. The number of carbonyl (C=O) groups excluding carboxylic acids is 1. The fourth-order valence-corrected chi connectivity index (χ4v) is 3.28. The van der Waals surface area contributed by atoms with Crippen LogP contribution in [0.2, 0.25) is 0 Å². The summed E-state index contributed by atoms with van der Waals surface area (Å²) in [5.74, 6) is 0.265. The number of hydrogen-bond acceptors (Lipinski definition) is 2. The summed E-state index contributed by atoms with van der Waals surface area (Å²) in [4.78, 5) is 27.5. The summed E-state index contributed by atoms with van der Waals surface area (Å²) in [7, 11) is 0. The highest BCUT2D eigenvalue weighted by molar-refractivity contribution is 5.83. The maximum atomic E-state index is 12.6. The Kier molecular flexibility index (Phi) is 4.89. The van der Waals surface area contributed by atoms with Crippen molar-refractivity contribution in [1.29, 1.82) is 0 Å². The fourth-order valence-electron chi connectivity index (χ4n) is 3.28. The van der Waals surface area contributed by atoms with Gasteiger partial charge < -0.3 is 14.9 Å². The number of rotatable bonds is 2. The molecule has 0 bridgehead atoms. The van der Waals surface area contributed by atoms with Crippen molar-refractivity contribution < 1.29 is 14.7 Å². The van der Waals surface area contributed by atoms with Crippen LogP contribution in [0.3, 0.4) is 0 Å². The summed E-state index contributed by atoms with van der Waals surface area (Å²) in [5.41, 5.74) is 0. The predicted octanol–water partition coefficient (Wildman–Crippen LogP) is 2.41. The maximum absolute atomic E-state index is 12.6. The Hall–Kier alpha value is -1.26. The zero-order valence-corrected chi connectivity index (χ0v) is 12.5. The molecule has 0 spiro atoms. The molecule has 0 aromatic heterocycles. The van der Waals surface area contributed by atoms with Crippen molar-refractivity contribution in [1.82, 2.24) is 9.80 Å². The highest BCUT2D eigenvalue weighted by Crippen LogP contribution is 2.26. The Labute approximate surface area is 120 Å². The Morgan fingerprint density at radius 2 is 1.85 bits per heavy atom. The van der Waals surface area contributed by atoms with E-state index in [0.29, 0.717) is 24.8 Å². The Balaban J connectivity index is 2.04. The summed E-state index contributed by atoms with van der Waals surface area (Å²) in [6.45, 7) is 6.50. The smallest absolute Gasteiger partial charge is 0.326 e. The number of carboxylic acid groups (broad SMARTS) is 1. The average molecular weight is 282 g/mol. The molecule has 0 aliphatic carbocycles. The van der Waals surface area contributed by atoms with Gasteiger partial charge in [-0.3, -0.25) is 0 Å². The monoisotopic (exact) mass is 282 g/mol. The van der Waals surface area contributed by atoms with Crippen molar-refractivity contribution in [2.45, 2.75) is 52.0 Å². The minimum Gasteiger partial charge on any atom is -0.480 e. The first-order chi connectivity index (χ1) is 9.50. The molecule has 2 atom stereocenters. The summed E-state index contributed by atoms with van der Waals surface area (Å²) in [5, 5.41) is 9.35. The van der Waals surface area contributed by atoms with Crippen LogP contribution in [-0.2, 0) is 4.79 Å². The molecular weight excluding hydrogens is 256 g/mol. The second-order valence-corrected chi connectivity index (χ2v) is 6.42. The standard InChI is InChI=1S/C15H26N2O3/c1-11(2)12-7-9-16(10-12)15(20)17-8-5-3-4-6-13(17)14(18)19/h11-13H,3-10H2,1-2H3,(H,18,19). The molecule has 2 aliphatic heterocycles. The molecule has 2 unspecified atom stereocenters. The fraction of sp³-hybridized carbons (Fsp3) is 0.867. The zero-order chi connectivity index (χ0) is 14.7. The molecule has 0 aromatic rings. The largest absolute Gasteiger partial charge is 0.480 e. The molecule has 2 aliphatic rings. The van der Waals surface area contributed by atoms with Crippen LogP contribution in [0.5, 0.6) is 0 Å².